The highest BCUT2D eigenvalue weighted by Crippen LogP contribution is 2.33. The summed E-state index contributed by atoms with van der Waals surface area (Å²) >= 11 is 0. The molecule has 1 aromatic heterocycles. The van der Waals surface area contributed by atoms with Crippen molar-refractivity contribution in [1.82, 2.24) is 9.78 Å². The molecule has 0 aliphatic rings. The van der Waals surface area contributed by atoms with E-state index in [1.807, 2.05) is 6.92 Å². The molecule has 1 aromatic carbocycles. The molecule has 118 valence electrons. The molecular formula is C12H15N5O4S. The highest BCUT2D eigenvalue weighted by Gasteiger charge is 2.26. The molecule has 0 aliphatic heterocycles. The summed E-state index contributed by atoms with van der Waals surface area (Å²) in [4.78, 5) is 9.89. The summed E-state index contributed by atoms with van der Waals surface area (Å²) in [7, 11) is -4.20. The molecule has 0 aliphatic carbocycles. The molecule has 9 nitrogen and oxygen atoms in total. The topological polar surface area (TPSA) is 133 Å². The molecule has 0 atom stereocenters. The summed E-state index contributed by atoms with van der Waals surface area (Å²) in [5.74, 6) is 0. The minimum atomic E-state index is -4.20. The maximum Gasteiger partial charge on any atom is 0.312 e. The van der Waals surface area contributed by atoms with E-state index in [0.29, 0.717) is 12.2 Å². The molecule has 10 heteroatoms. The number of nitro benzene ring substituents is 1. The van der Waals surface area contributed by atoms with Crippen LogP contribution >= 0.6 is 0 Å². The van der Waals surface area contributed by atoms with E-state index in [2.05, 4.69) is 10.4 Å². The normalized spacial score (nSPS) is 11.4. The SMILES string of the molecule is CCCn1cc(Nc2cccc(S(N)(=O)=O)c2[N+](=O)[O-])cn1. The Labute approximate surface area is 126 Å². The van der Waals surface area contributed by atoms with Crippen LogP contribution in [0, 0.1) is 10.1 Å². The van der Waals surface area contributed by atoms with Crippen LogP contribution in [0.4, 0.5) is 17.1 Å². The van der Waals surface area contributed by atoms with Gasteiger partial charge in [0.2, 0.25) is 10.0 Å². The number of anilines is 2. The second-order valence-electron chi connectivity index (χ2n) is 4.57. The Bertz CT molecular complexity index is 800. The van der Waals surface area contributed by atoms with Gasteiger partial charge in [0.1, 0.15) is 5.69 Å². The van der Waals surface area contributed by atoms with Crippen LogP contribution in [-0.4, -0.2) is 23.1 Å². The van der Waals surface area contributed by atoms with Gasteiger partial charge in [-0.1, -0.05) is 13.0 Å². The van der Waals surface area contributed by atoms with Crippen LogP contribution in [-0.2, 0) is 16.6 Å². The van der Waals surface area contributed by atoms with Gasteiger partial charge < -0.3 is 5.32 Å². The van der Waals surface area contributed by atoms with E-state index in [9.17, 15) is 18.5 Å². The summed E-state index contributed by atoms with van der Waals surface area (Å²) in [6.45, 7) is 2.70. The third-order valence-electron chi connectivity index (χ3n) is 2.85. The number of para-hydroxylation sites is 1. The third-order valence-corrected chi connectivity index (χ3v) is 3.80. The Balaban J connectivity index is 2.44. The predicted octanol–water partition coefficient (Wildman–Crippen LogP) is 1.59. The van der Waals surface area contributed by atoms with Crippen molar-refractivity contribution in [2.75, 3.05) is 5.32 Å². The quantitative estimate of drug-likeness (QED) is 0.612. The lowest BCUT2D eigenvalue weighted by Gasteiger charge is -2.07. The van der Waals surface area contributed by atoms with Crippen molar-refractivity contribution in [3.05, 3.63) is 40.7 Å². The van der Waals surface area contributed by atoms with E-state index in [4.69, 9.17) is 5.14 Å². The summed E-state index contributed by atoms with van der Waals surface area (Å²) in [6, 6.07) is 3.88. The second kappa shape index (κ2) is 6.12. The Morgan fingerprint density at radius 1 is 1.45 bits per heavy atom. The van der Waals surface area contributed by atoms with Crippen molar-refractivity contribution in [1.29, 1.82) is 0 Å². The molecule has 0 fully saturated rings. The van der Waals surface area contributed by atoms with Crippen LogP contribution in [0.5, 0.6) is 0 Å². The van der Waals surface area contributed by atoms with Gasteiger partial charge in [0.25, 0.3) is 0 Å². The molecule has 0 bridgehead atoms. The van der Waals surface area contributed by atoms with Crippen LogP contribution in [0.25, 0.3) is 0 Å². The minimum Gasteiger partial charge on any atom is -0.347 e. The first-order valence-electron chi connectivity index (χ1n) is 6.42. The largest absolute Gasteiger partial charge is 0.347 e. The molecule has 22 heavy (non-hydrogen) atoms. The van der Waals surface area contributed by atoms with Gasteiger partial charge in [-0.05, 0) is 18.6 Å². The van der Waals surface area contributed by atoms with E-state index < -0.39 is 25.5 Å². The Morgan fingerprint density at radius 2 is 2.18 bits per heavy atom. The van der Waals surface area contributed by atoms with Crippen molar-refractivity contribution >= 4 is 27.1 Å². The number of nitrogens with two attached hydrogens (primary N) is 1. The molecule has 3 N–H and O–H groups in total. The van der Waals surface area contributed by atoms with Gasteiger partial charge in [-0.15, -0.1) is 0 Å². The number of benzene rings is 1. The number of aryl methyl sites for hydroxylation is 1. The molecule has 0 saturated heterocycles. The zero-order valence-electron chi connectivity index (χ0n) is 11.8. The lowest BCUT2D eigenvalue weighted by atomic mass is 10.2. The predicted molar refractivity (Wildman–Crippen MR) is 80.3 cm³/mol. The monoisotopic (exact) mass is 325 g/mol. The number of aromatic nitrogens is 2. The smallest absolute Gasteiger partial charge is 0.312 e. The average Bonchev–Trinajstić information content (AvgIpc) is 2.85. The van der Waals surface area contributed by atoms with Gasteiger partial charge in [-0.3, -0.25) is 14.8 Å². The number of sulfonamides is 1. The van der Waals surface area contributed by atoms with E-state index in [1.54, 1.807) is 10.9 Å². The standard InChI is InChI=1S/C12H15N5O4S/c1-2-6-16-8-9(7-14-16)15-10-4-3-5-11(22(13,20)21)12(10)17(18)19/h3-5,7-8,15H,2,6H2,1H3,(H2,13,20,21). The number of rotatable bonds is 6. The summed E-state index contributed by atoms with van der Waals surface area (Å²) in [5.41, 5.74) is -0.0380. The van der Waals surface area contributed by atoms with Crippen molar-refractivity contribution in [2.45, 2.75) is 24.8 Å². The van der Waals surface area contributed by atoms with Gasteiger partial charge in [0.15, 0.2) is 4.90 Å². The molecule has 2 rings (SSSR count). The van der Waals surface area contributed by atoms with Gasteiger partial charge in [0, 0.05) is 12.7 Å². The molecule has 0 amide bonds. The van der Waals surface area contributed by atoms with Crippen LogP contribution < -0.4 is 10.5 Å². The third kappa shape index (κ3) is 3.40. The maximum absolute atomic E-state index is 11.5. The fraction of sp³-hybridized carbons (Fsp3) is 0.250. The van der Waals surface area contributed by atoms with Crippen molar-refractivity contribution in [3.8, 4) is 0 Å². The molecule has 2 aromatic rings. The number of hydrogen-bond acceptors (Lipinski definition) is 6. The van der Waals surface area contributed by atoms with Gasteiger partial charge in [-0.2, -0.15) is 5.10 Å². The van der Waals surface area contributed by atoms with Crippen LogP contribution in [0.2, 0.25) is 0 Å². The first-order chi connectivity index (χ1) is 10.3. The van der Waals surface area contributed by atoms with Gasteiger partial charge >= 0.3 is 5.69 Å². The van der Waals surface area contributed by atoms with Crippen LogP contribution in [0.1, 0.15) is 13.3 Å². The lowest BCUT2D eigenvalue weighted by Crippen LogP contribution is -2.15. The van der Waals surface area contributed by atoms with E-state index in [-0.39, 0.29) is 5.69 Å². The fourth-order valence-electron chi connectivity index (χ4n) is 1.98. The molecular weight excluding hydrogens is 310 g/mol. The Kier molecular flexibility index (Phi) is 4.43. The summed E-state index contributed by atoms with van der Waals surface area (Å²) in [5, 5.41) is 23.1. The number of nitro groups is 1. The average molecular weight is 325 g/mol. The Hall–Kier alpha value is -2.46. The number of nitrogens with zero attached hydrogens (tertiary/aromatic N) is 3. The number of hydrogen-bond donors (Lipinski definition) is 2. The molecule has 0 radical (unpaired) electrons. The van der Waals surface area contributed by atoms with Crippen molar-refractivity contribution in [2.24, 2.45) is 5.14 Å². The van der Waals surface area contributed by atoms with Crippen molar-refractivity contribution in [3.63, 3.8) is 0 Å². The Morgan fingerprint density at radius 3 is 2.77 bits per heavy atom. The van der Waals surface area contributed by atoms with Gasteiger partial charge in [-0.25, -0.2) is 13.6 Å². The van der Waals surface area contributed by atoms with Gasteiger partial charge in [0.05, 0.1) is 16.8 Å². The summed E-state index contributed by atoms with van der Waals surface area (Å²) in [6.07, 6.45) is 4.07. The molecule has 0 spiro atoms. The van der Waals surface area contributed by atoms with E-state index in [1.165, 1.54) is 18.3 Å². The zero-order chi connectivity index (χ0) is 16.3. The number of nitrogens with one attached hydrogen (secondary N) is 1. The number of primary sulfonamides is 1. The maximum atomic E-state index is 11.5. The highest BCUT2D eigenvalue weighted by atomic mass is 32.2. The van der Waals surface area contributed by atoms with Crippen molar-refractivity contribution < 1.29 is 13.3 Å². The first kappa shape index (κ1) is 15.9. The highest BCUT2D eigenvalue weighted by molar-refractivity contribution is 7.89. The fourth-order valence-corrected chi connectivity index (χ4v) is 2.70. The van der Waals surface area contributed by atoms with E-state index in [0.717, 1.165) is 12.5 Å². The first-order valence-corrected chi connectivity index (χ1v) is 7.97. The minimum absolute atomic E-state index is 0.0348. The second-order valence-corrected chi connectivity index (χ2v) is 6.10. The zero-order valence-corrected chi connectivity index (χ0v) is 12.6. The van der Waals surface area contributed by atoms with E-state index >= 15 is 0 Å². The molecule has 1 heterocycles. The van der Waals surface area contributed by atoms with Crippen LogP contribution in [0.15, 0.2) is 35.5 Å². The molecule has 0 saturated carbocycles. The lowest BCUT2D eigenvalue weighted by molar-refractivity contribution is -0.386. The molecule has 0 unspecified atom stereocenters. The summed E-state index contributed by atoms with van der Waals surface area (Å²) < 4.78 is 24.6. The van der Waals surface area contributed by atoms with Crippen LogP contribution in [0.3, 0.4) is 0 Å².